The molecule has 2 unspecified atom stereocenters. The molecule has 1 saturated heterocycles. The minimum Gasteiger partial charge on any atom is -0.475 e. The van der Waals surface area contributed by atoms with Crippen LogP contribution in [0.15, 0.2) is 24.3 Å². The Morgan fingerprint density at radius 1 is 1.22 bits per heavy atom. The van der Waals surface area contributed by atoms with Gasteiger partial charge < -0.3 is 20.3 Å². The minimum absolute atomic E-state index is 0.0288. The summed E-state index contributed by atoms with van der Waals surface area (Å²) >= 11 is 5.78. The number of hydrogen-bond acceptors (Lipinski definition) is 4. The predicted octanol–water partition coefficient (Wildman–Crippen LogP) is 2.80. The van der Waals surface area contributed by atoms with Crippen LogP contribution >= 0.6 is 11.6 Å². The van der Waals surface area contributed by atoms with Crippen molar-refractivity contribution in [1.29, 1.82) is 0 Å². The highest BCUT2D eigenvalue weighted by molar-refractivity contribution is 6.30. The van der Waals surface area contributed by atoms with Crippen LogP contribution in [0.25, 0.3) is 0 Å². The van der Waals surface area contributed by atoms with Gasteiger partial charge >= 0.3 is 18.3 Å². The van der Waals surface area contributed by atoms with Crippen molar-refractivity contribution in [3.63, 3.8) is 0 Å². The van der Waals surface area contributed by atoms with Crippen LogP contribution < -0.4 is 5.32 Å². The predicted molar refractivity (Wildman–Crippen MR) is 82.4 cm³/mol. The number of alkyl halides is 6. The quantitative estimate of drug-likeness (QED) is 0.652. The number of morpholine rings is 1. The first-order chi connectivity index (χ1) is 12.3. The number of aliphatic hydroxyl groups excluding tert-OH is 1. The number of carbonyl (C=O) groups is 1. The third-order valence-electron chi connectivity index (χ3n) is 3.44. The summed E-state index contributed by atoms with van der Waals surface area (Å²) in [7, 11) is 0. The fourth-order valence-corrected chi connectivity index (χ4v) is 2.22. The van der Waals surface area contributed by atoms with Crippen LogP contribution in [0.3, 0.4) is 0 Å². The Kier molecular flexibility index (Phi) is 8.33. The lowest BCUT2D eigenvalue weighted by Crippen LogP contribution is -2.54. The van der Waals surface area contributed by atoms with Gasteiger partial charge in [0, 0.05) is 17.6 Å². The van der Waals surface area contributed by atoms with Gasteiger partial charge in [-0.25, -0.2) is 4.79 Å². The van der Waals surface area contributed by atoms with E-state index in [0.29, 0.717) is 11.4 Å². The zero-order chi connectivity index (χ0) is 20.8. The molecule has 0 aliphatic carbocycles. The van der Waals surface area contributed by atoms with Gasteiger partial charge in [0.05, 0.1) is 6.61 Å². The van der Waals surface area contributed by atoms with Gasteiger partial charge in [-0.1, -0.05) is 23.7 Å². The fourth-order valence-electron chi connectivity index (χ4n) is 2.09. The van der Waals surface area contributed by atoms with E-state index in [1.165, 1.54) is 0 Å². The zero-order valence-corrected chi connectivity index (χ0v) is 14.3. The van der Waals surface area contributed by atoms with Crippen molar-refractivity contribution in [2.45, 2.75) is 37.0 Å². The van der Waals surface area contributed by atoms with Crippen molar-refractivity contribution < 1.29 is 46.1 Å². The van der Waals surface area contributed by atoms with Gasteiger partial charge in [0.1, 0.15) is 6.10 Å². The van der Waals surface area contributed by atoms with E-state index in [0.717, 1.165) is 5.56 Å². The maximum atomic E-state index is 12.3. The molecule has 0 spiro atoms. The molecule has 0 radical (unpaired) electrons. The number of hydrogen-bond donors (Lipinski definition) is 3. The van der Waals surface area contributed by atoms with E-state index in [2.05, 4.69) is 5.32 Å². The van der Waals surface area contributed by atoms with Crippen LogP contribution in [0.1, 0.15) is 5.56 Å². The van der Waals surface area contributed by atoms with Crippen LogP contribution in [0.2, 0.25) is 5.02 Å². The standard InChI is InChI=1S/C13H15ClF3NO2.C2HF3O2/c14-9-3-1-8(2-4-9)5-10-7-20-11(6-18-10)12(19)13(15,16)17;3-2(4,5)1(6)7/h1-4,10-12,18-19H,5-7H2;(H,6,7)/t10-,11?,12?;/m0./s1. The highest BCUT2D eigenvalue weighted by Crippen LogP contribution is 2.25. The number of halogens is 7. The van der Waals surface area contributed by atoms with Gasteiger partial charge in [0.2, 0.25) is 0 Å². The number of carboxylic acid groups (broad SMARTS) is 1. The summed E-state index contributed by atoms with van der Waals surface area (Å²) in [6, 6.07) is 7.17. The second-order valence-electron chi connectivity index (χ2n) is 5.60. The van der Waals surface area contributed by atoms with Gasteiger partial charge in [-0.2, -0.15) is 26.3 Å². The average Bonchev–Trinajstić information content (AvgIpc) is 2.56. The summed E-state index contributed by atoms with van der Waals surface area (Å²) in [6.45, 7) is 0.0966. The van der Waals surface area contributed by atoms with E-state index < -0.39 is 30.5 Å². The third-order valence-corrected chi connectivity index (χ3v) is 3.70. The second-order valence-corrected chi connectivity index (χ2v) is 6.03. The maximum Gasteiger partial charge on any atom is 0.490 e. The number of carboxylic acids is 1. The molecular formula is C15H16ClF6NO4. The lowest BCUT2D eigenvalue weighted by atomic mass is 10.0. The summed E-state index contributed by atoms with van der Waals surface area (Å²) in [4.78, 5) is 8.90. The first-order valence-corrected chi connectivity index (χ1v) is 7.83. The van der Waals surface area contributed by atoms with Gasteiger partial charge in [-0.15, -0.1) is 0 Å². The fraction of sp³-hybridized carbons (Fsp3) is 0.533. The number of rotatable bonds is 3. The van der Waals surface area contributed by atoms with E-state index in [4.69, 9.17) is 31.3 Å². The number of nitrogens with one attached hydrogen (secondary N) is 1. The lowest BCUT2D eigenvalue weighted by molar-refractivity contribution is -0.240. The molecule has 1 heterocycles. The number of benzene rings is 1. The molecule has 0 aromatic heterocycles. The third kappa shape index (κ3) is 8.33. The largest absolute Gasteiger partial charge is 0.490 e. The first kappa shape index (κ1) is 23.5. The van der Waals surface area contributed by atoms with E-state index in [-0.39, 0.29) is 19.2 Å². The van der Waals surface area contributed by atoms with Crippen LogP contribution in [-0.2, 0) is 16.0 Å². The SMILES string of the molecule is O=C(O)C(F)(F)F.OC(C1CN[C@@H](Cc2ccc(Cl)cc2)CO1)C(F)(F)F. The summed E-state index contributed by atoms with van der Waals surface area (Å²) in [6.07, 6.45) is -12.8. The van der Waals surface area contributed by atoms with E-state index >= 15 is 0 Å². The summed E-state index contributed by atoms with van der Waals surface area (Å²) in [5.74, 6) is -2.76. The van der Waals surface area contributed by atoms with Gasteiger partial charge in [0.25, 0.3) is 0 Å². The molecule has 3 N–H and O–H groups in total. The molecule has 154 valence electrons. The van der Waals surface area contributed by atoms with Gasteiger partial charge in [-0.05, 0) is 24.1 Å². The average molecular weight is 424 g/mol. The zero-order valence-electron chi connectivity index (χ0n) is 13.5. The van der Waals surface area contributed by atoms with Crippen molar-refractivity contribution >= 4 is 17.6 Å². The number of ether oxygens (including phenoxy) is 1. The van der Waals surface area contributed by atoms with Crippen molar-refractivity contribution in [2.24, 2.45) is 0 Å². The summed E-state index contributed by atoms with van der Waals surface area (Å²) < 4.78 is 73.9. The smallest absolute Gasteiger partial charge is 0.475 e. The molecule has 27 heavy (non-hydrogen) atoms. The maximum absolute atomic E-state index is 12.3. The number of aliphatic hydroxyl groups is 1. The van der Waals surface area contributed by atoms with E-state index in [1.807, 2.05) is 12.1 Å². The first-order valence-electron chi connectivity index (χ1n) is 7.45. The molecule has 0 saturated carbocycles. The highest BCUT2D eigenvalue weighted by Gasteiger charge is 2.45. The molecule has 0 bridgehead atoms. The number of aliphatic carboxylic acids is 1. The molecule has 5 nitrogen and oxygen atoms in total. The Balaban J connectivity index is 0.000000445. The Morgan fingerprint density at radius 2 is 1.74 bits per heavy atom. The van der Waals surface area contributed by atoms with Crippen LogP contribution in [0.5, 0.6) is 0 Å². The molecular weight excluding hydrogens is 408 g/mol. The Hall–Kier alpha value is -1.56. The van der Waals surface area contributed by atoms with Crippen molar-refractivity contribution in [3.8, 4) is 0 Å². The molecule has 0 amide bonds. The molecule has 12 heteroatoms. The van der Waals surface area contributed by atoms with E-state index in [1.54, 1.807) is 12.1 Å². The highest BCUT2D eigenvalue weighted by atomic mass is 35.5. The van der Waals surface area contributed by atoms with Crippen LogP contribution in [0, 0.1) is 0 Å². The van der Waals surface area contributed by atoms with Crippen molar-refractivity contribution in [2.75, 3.05) is 13.2 Å². The molecule has 1 aliphatic heterocycles. The molecule has 2 rings (SSSR count). The molecule has 1 aliphatic rings. The van der Waals surface area contributed by atoms with Crippen LogP contribution in [0.4, 0.5) is 26.3 Å². The lowest BCUT2D eigenvalue weighted by Gasteiger charge is -2.33. The Morgan fingerprint density at radius 3 is 2.11 bits per heavy atom. The van der Waals surface area contributed by atoms with Crippen molar-refractivity contribution in [1.82, 2.24) is 5.32 Å². The van der Waals surface area contributed by atoms with Crippen LogP contribution in [-0.4, -0.2) is 59.9 Å². The minimum atomic E-state index is -5.08. The molecule has 1 aromatic rings. The normalized spacial score (nSPS) is 21.8. The molecule has 1 fully saturated rings. The second kappa shape index (κ2) is 9.58. The summed E-state index contributed by atoms with van der Waals surface area (Å²) in [5.41, 5.74) is 1.02. The Bertz CT molecular complexity index is 600. The summed E-state index contributed by atoms with van der Waals surface area (Å²) in [5, 5.41) is 19.8. The van der Waals surface area contributed by atoms with Gasteiger partial charge in [-0.3, -0.25) is 0 Å². The monoisotopic (exact) mass is 423 g/mol. The topological polar surface area (TPSA) is 78.8 Å². The van der Waals surface area contributed by atoms with Crippen molar-refractivity contribution in [3.05, 3.63) is 34.9 Å². The van der Waals surface area contributed by atoms with Gasteiger partial charge in [0.15, 0.2) is 6.10 Å². The Labute approximate surface area is 154 Å². The molecule has 1 aromatic carbocycles. The molecule has 3 atom stereocenters. The van der Waals surface area contributed by atoms with E-state index in [9.17, 15) is 26.3 Å².